The van der Waals surface area contributed by atoms with E-state index in [1.807, 2.05) is 70.2 Å². The number of aromatic nitrogens is 1. The number of hydrogen-bond acceptors (Lipinski definition) is 8. The standard InChI is InChI=1S/C35H46N6O6S/c1-25(2)22-40(48(46,47)30-14-12-28(13-15-30)21-37-45)24-32(42)31(19-27-9-6-5-7-10-27)38-34(43)33(26(3)4)41-18-17-39(35(41)44)23-29-11-8-16-36-20-29/h5-16,20-21,25-26,31-33,42,45H,17-19,22-24H2,1-4H3,(H,38,43)/b37-21+/t31-,32+,33?/m0/s1. The van der Waals surface area contributed by atoms with Crippen molar-refractivity contribution in [1.29, 1.82) is 0 Å². The largest absolute Gasteiger partial charge is 0.411 e. The van der Waals surface area contributed by atoms with Crippen LogP contribution >= 0.6 is 0 Å². The van der Waals surface area contributed by atoms with Crippen LogP contribution in [-0.2, 0) is 27.8 Å². The van der Waals surface area contributed by atoms with Gasteiger partial charge in [-0.05, 0) is 53.1 Å². The van der Waals surface area contributed by atoms with E-state index in [2.05, 4.69) is 15.5 Å². The molecular formula is C35H46N6O6S. The van der Waals surface area contributed by atoms with Crippen molar-refractivity contribution in [2.45, 2.75) is 63.7 Å². The summed E-state index contributed by atoms with van der Waals surface area (Å²) < 4.78 is 28.9. The Hall–Kier alpha value is -4.33. The zero-order valence-electron chi connectivity index (χ0n) is 27.9. The fourth-order valence-electron chi connectivity index (χ4n) is 5.90. The van der Waals surface area contributed by atoms with Crippen LogP contribution in [0.3, 0.4) is 0 Å². The SMILES string of the molecule is CC(C)CN(C[C@@H](O)[C@H](Cc1ccccc1)NC(=O)C(C(C)C)N1CCN(Cc2cccnc2)C1=O)S(=O)(=O)c1ccc(/C=N/O)cc1. The summed E-state index contributed by atoms with van der Waals surface area (Å²) >= 11 is 0. The van der Waals surface area contributed by atoms with Crippen LogP contribution in [0.1, 0.15) is 44.4 Å². The van der Waals surface area contributed by atoms with E-state index in [-0.39, 0.29) is 42.3 Å². The Morgan fingerprint density at radius 1 is 1.00 bits per heavy atom. The van der Waals surface area contributed by atoms with E-state index in [9.17, 15) is 23.1 Å². The number of carbonyl (C=O) groups is 2. The van der Waals surface area contributed by atoms with Crippen molar-refractivity contribution in [2.75, 3.05) is 26.2 Å². The number of nitrogens with one attached hydrogen (secondary N) is 1. The predicted molar refractivity (Wildman–Crippen MR) is 183 cm³/mol. The summed E-state index contributed by atoms with van der Waals surface area (Å²) in [6, 6.07) is 17.0. The topological polar surface area (TPSA) is 156 Å². The molecule has 3 amide bonds. The molecule has 1 aliphatic heterocycles. The molecule has 1 fully saturated rings. The molecule has 2 heterocycles. The molecule has 1 unspecified atom stereocenters. The van der Waals surface area contributed by atoms with Gasteiger partial charge in [-0.3, -0.25) is 9.78 Å². The number of carbonyl (C=O) groups excluding carboxylic acids is 2. The van der Waals surface area contributed by atoms with Crippen molar-refractivity contribution in [3.63, 3.8) is 0 Å². The first kappa shape index (κ1) is 36.5. The van der Waals surface area contributed by atoms with E-state index in [4.69, 9.17) is 5.21 Å². The lowest BCUT2D eigenvalue weighted by molar-refractivity contribution is -0.128. The molecule has 1 aromatic heterocycles. The minimum atomic E-state index is -4.05. The maximum Gasteiger partial charge on any atom is 0.321 e. The van der Waals surface area contributed by atoms with E-state index >= 15 is 0 Å². The highest BCUT2D eigenvalue weighted by Crippen LogP contribution is 2.23. The van der Waals surface area contributed by atoms with Gasteiger partial charge >= 0.3 is 6.03 Å². The first-order chi connectivity index (χ1) is 22.9. The lowest BCUT2D eigenvalue weighted by atomic mass is 9.97. The van der Waals surface area contributed by atoms with Crippen LogP contribution < -0.4 is 5.32 Å². The smallest absolute Gasteiger partial charge is 0.321 e. The van der Waals surface area contributed by atoms with E-state index < -0.39 is 34.1 Å². The van der Waals surface area contributed by atoms with Crippen molar-refractivity contribution in [3.05, 3.63) is 95.8 Å². The van der Waals surface area contributed by atoms with Gasteiger partial charge in [-0.25, -0.2) is 13.2 Å². The number of rotatable bonds is 16. The van der Waals surface area contributed by atoms with Crippen LogP contribution in [0, 0.1) is 11.8 Å². The van der Waals surface area contributed by atoms with Crippen LogP contribution in [-0.4, -0.2) is 100 Å². The Labute approximate surface area is 283 Å². The molecule has 258 valence electrons. The van der Waals surface area contributed by atoms with Crippen molar-refractivity contribution >= 4 is 28.2 Å². The monoisotopic (exact) mass is 678 g/mol. The summed E-state index contributed by atoms with van der Waals surface area (Å²) in [6.07, 6.45) is 3.53. The molecule has 0 aliphatic carbocycles. The van der Waals surface area contributed by atoms with Gasteiger partial charge in [-0.2, -0.15) is 4.31 Å². The summed E-state index contributed by atoms with van der Waals surface area (Å²) in [4.78, 5) is 35.0. The number of oxime groups is 1. The average Bonchev–Trinajstić information content (AvgIpc) is 3.40. The van der Waals surface area contributed by atoms with Gasteiger partial charge in [0.15, 0.2) is 0 Å². The zero-order chi connectivity index (χ0) is 34.8. The van der Waals surface area contributed by atoms with E-state index in [1.165, 1.54) is 34.8 Å². The Morgan fingerprint density at radius 2 is 1.69 bits per heavy atom. The number of amides is 3. The number of hydrogen-bond donors (Lipinski definition) is 3. The molecule has 3 atom stereocenters. The molecule has 1 saturated heterocycles. The van der Waals surface area contributed by atoms with Gasteiger partial charge < -0.3 is 25.4 Å². The fourth-order valence-corrected chi connectivity index (χ4v) is 7.52. The fraction of sp³-hybridized carbons (Fsp3) is 0.429. The van der Waals surface area contributed by atoms with Crippen LogP contribution in [0.5, 0.6) is 0 Å². The average molecular weight is 679 g/mol. The number of pyridine rings is 1. The number of aliphatic hydroxyl groups is 1. The van der Waals surface area contributed by atoms with E-state index in [1.54, 1.807) is 22.2 Å². The third-order valence-corrected chi connectivity index (χ3v) is 10.1. The first-order valence-electron chi connectivity index (χ1n) is 16.1. The molecule has 0 bridgehead atoms. The second kappa shape index (κ2) is 16.7. The third-order valence-electron chi connectivity index (χ3n) is 8.23. The second-order valence-corrected chi connectivity index (χ2v) is 14.8. The van der Waals surface area contributed by atoms with Crippen molar-refractivity contribution in [3.8, 4) is 0 Å². The second-order valence-electron chi connectivity index (χ2n) is 12.8. The molecular weight excluding hydrogens is 632 g/mol. The summed E-state index contributed by atoms with van der Waals surface area (Å²) in [7, 11) is -4.05. The van der Waals surface area contributed by atoms with Gasteiger partial charge in [0, 0.05) is 45.1 Å². The van der Waals surface area contributed by atoms with Crippen molar-refractivity contribution < 1.29 is 28.3 Å². The van der Waals surface area contributed by atoms with E-state index in [0.717, 1.165) is 11.1 Å². The first-order valence-corrected chi connectivity index (χ1v) is 17.6. The lowest BCUT2D eigenvalue weighted by Crippen LogP contribution is -2.57. The minimum Gasteiger partial charge on any atom is -0.411 e. The molecule has 13 heteroatoms. The molecule has 0 radical (unpaired) electrons. The number of urea groups is 1. The van der Waals surface area contributed by atoms with Gasteiger partial charge in [0.2, 0.25) is 15.9 Å². The Morgan fingerprint density at radius 3 is 2.29 bits per heavy atom. The predicted octanol–water partition coefficient (Wildman–Crippen LogP) is 3.59. The van der Waals surface area contributed by atoms with Crippen LogP contribution in [0.4, 0.5) is 4.79 Å². The van der Waals surface area contributed by atoms with Gasteiger partial charge in [-0.15, -0.1) is 0 Å². The third kappa shape index (κ3) is 9.39. The van der Waals surface area contributed by atoms with Crippen molar-refractivity contribution in [1.82, 2.24) is 24.4 Å². The molecule has 3 N–H and O–H groups in total. The maximum absolute atomic E-state index is 14.0. The van der Waals surface area contributed by atoms with Crippen molar-refractivity contribution in [2.24, 2.45) is 17.0 Å². The number of benzene rings is 2. The summed E-state index contributed by atoms with van der Waals surface area (Å²) in [5.41, 5.74) is 2.26. The van der Waals surface area contributed by atoms with Gasteiger partial charge in [0.25, 0.3) is 0 Å². The molecule has 1 aliphatic rings. The Bertz CT molecular complexity index is 1620. The van der Waals surface area contributed by atoms with Crippen LogP contribution in [0.15, 0.2) is 89.2 Å². The lowest BCUT2D eigenvalue weighted by Gasteiger charge is -2.34. The quantitative estimate of drug-likeness (QED) is 0.119. The summed E-state index contributed by atoms with van der Waals surface area (Å²) in [5.74, 6) is -0.713. The summed E-state index contributed by atoms with van der Waals surface area (Å²) in [6.45, 7) is 8.58. The highest BCUT2D eigenvalue weighted by molar-refractivity contribution is 7.89. The highest BCUT2D eigenvalue weighted by Gasteiger charge is 2.40. The molecule has 0 saturated carbocycles. The zero-order valence-corrected chi connectivity index (χ0v) is 28.7. The van der Waals surface area contributed by atoms with Crippen LogP contribution in [0.2, 0.25) is 0 Å². The molecule has 0 spiro atoms. The minimum absolute atomic E-state index is 0.0253. The molecule has 3 aromatic rings. The number of aliphatic hydroxyl groups excluding tert-OH is 1. The molecule has 4 rings (SSSR count). The molecule has 48 heavy (non-hydrogen) atoms. The molecule has 2 aromatic carbocycles. The van der Waals surface area contributed by atoms with Crippen LogP contribution in [0.25, 0.3) is 0 Å². The number of sulfonamides is 1. The van der Waals surface area contributed by atoms with E-state index in [0.29, 0.717) is 25.2 Å². The Balaban J connectivity index is 1.57. The van der Waals surface area contributed by atoms with Gasteiger partial charge in [0.1, 0.15) is 6.04 Å². The van der Waals surface area contributed by atoms with Gasteiger partial charge in [-0.1, -0.05) is 81.4 Å². The summed E-state index contributed by atoms with van der Waals surface area (Å²) in [5, 5.41) is 26.5. The normalized spacial score (nSPS) is 15.9. The number of nitrogens with zero attached hydrogens (tertiary/aromatic N) is 5. The van der Waals surface area contributed by atoms with Gasteiger partial charge in [0.05, 0.1) is 23.3 Å². The molecule has 12 nitrogen and oxygen atoms in total. The highest BCUT2D eigenvalue weighted by atomic mass is 32.2. The Kier molecular flexibility index (Phi) is 12.7. The maximum atomic E-state index is 14.0.